The molecule has 26 heteroatoms. The maximum absolute atomic E-state index is 13.9. The number of pyridine rings is 3. The first-order valence-corrected chi connectivity index (χ1v) is 26.8. The van der Waals surface area contributed by atoms with E-state index in [1.165, 1.54) is 30.5 Å². The average molecular weight is 1120 g/mol. The Hall–Kier alpha value is -6.57. The molecule has 0 aliphatic carbocycles. The zero-order valence-electron chi connectivity index (χ0n) is 43.4. The summed E-state index contributed by atoms with van der Waals surface area (Å²) in [5.74, 6) is -6.62. The van der Waals surface area contributed by atoms with Crippen molar-refractivity contribution >= 4 is 52.7 Å². The molecule has 7 heterocycles. The highest BCUT2D eigenvalue weighted by molar-refractivity contribution is 7.94. The maximum Gasteiger partial charge on any atom is 0.354 e. The maximum atomic E-state index is 13.9. The number of rotatable bonds is 17. The molecular weight excluding hydrogens is 1060 g/mol. The molecule has 2 bridgehead atoms. The number of likely N-dealkylation sites (tertiary alicyclic amines) is 3. The van der Waals surface area contributed by atoms with Gasteiger partial charge in [0, 0.05) is 93.9 Å². The van der Waals surface area contributed by atoms with Gasteiger partial charge in [0.15, 0.2) is 0 Å². The Bertz CT molecular complexity index is 2830. The van der Waals surface area contributed by atoms with Crippen molar-refractivity contribution in [3.05, 3.63) is 88.6 Å². The van der Waals surface area contributed by atoms with Gasteiger partial charge >= 0.3 is 11.9 Å². The highest BCUT2D eigenvalue weighted by atomic mass is 32.2. The normalized spacial score (nSPS) is 21.1. The number of carboxylic acid groups (broad SMARTS) is 2. The van der Waals surface area contributed by atoms with Crippen molar-refractivity contribution in [1.82, 2.24) is 44.8 Å². The van der Waals surface area contributed by atoms with Gasteiger partial charge in [-0.2, -0.15) is 9.15 Å². The minimum Gasteiger partial charge on any atom is -0.494 e. The molecule has 8 rings (SSSR count). The number of hydrogen-bond donors (Lipinski definition) is 3. The number of nitrogens with one attached hydrogen (secondary N) is 1. The summed E-state index contributed by atoms with van der Waals surface area (Å²) in [7, 11) is 0. The number of benzene rings is 1. The second kappa shape index (κ2) is 28.0. The number of carbonyl (C=O) groups is 5. The van der Waals surface area contributed by atoms with Gasteiger partial charge in [0.1, 0.15) is 23.2 Å². The van der Waals surface area contributed by atoms with E-state index in [1.807, 2.05) is 14.7 Å². The Balaban J connectivity index is 0.777. The second-order valence-corrected chi connectivity index (χ2v) is 20.3. The van der Waals surface area contributed by atoms with E-state index in [-0.39, 0.29) is 71.5 Å². The lowest BCUT2D eigenvalue weighted by Gasteiger charge is -2.34. The molecule has 22 nitrogen and oxygen atoms in total. The van der Waals surface area contributed by atoms with Gasteiger partial charge in [-0.1, -0.05) is 0 Å². The highest BCUT2D eigenvalue weighted by Gasteiger charge is 2.47. The first kappa shape index (κ1) is 58.6. The van der Waals surface area contributed by atoms with Gasteiger partial charge < -0.3 is 49.0 Å². The third-order valence-electron chi connectivity index (χ3n) is 14.0. The number of carboxylic acids is 2. The number of fused-ring (bicyclic) bond motifs is 3. The molecule has 424 valence electrons. The van der Waals surface area contributed by atoms with Crippen LogP contribution in [0, 0.1) is 11.3 Å². The molecule has 3 aromatic heterocycles. The minimum atomic E-state index is -3.17. The Labute approximate surface area is 458 Å². The number of aromatic nitrogens is 3. The van der Waals surface area contributed by atoms with Gasteiger partial charge in [-0.25, -0.2) is 28.3 Å². The number of alkyl halides is 2. The summed E-state index contributed by atoms with van der Waals surface area (Å²) in [6.07, 6.45) is 2.20. The number of nitrogens with zero attached hydrogens (tertiary/aromatic N) is 9. The van der Waals surface area contributed by atoms with Crippen LogP contribution in [-0.4, -0.2) is 222 Å². The van der Waals surface area contributed by atoms with Crippen LogP contribution in [-0.2, 0) is 48.0 Å². The second-order valence-electron chi connectivity index (χ2n) is 19.6. The third kappa shape index (κ3) is 16.5. The van der Waals surface area contributed by atoms with Crippen LogP contribution in [0.2, 0.25) is 0 Å². The Kier molecular flexibility index (Phi) is 20.8. The number of amides is 3. The van der Waals surface area contributed by atoms with Gasteiger partial charge in [-0.05, 0) is 66.9 Å². The molecule has 4 aliphatic rings. The molecule has 4 aromatic rings. The fourth-order valence-electron chi connectivity index (χ4n) is 10.2. The summed E-state index contributed by atoms with van der Waals surface area (Å²) >= 11 is -0.0427. The van der Waals surface area contributed by atoms with Gasteiger partial charge in [-0.3, -0.25) is 34.1 Å². The quantitative estimate of drug-likeness (QED) is 0.128. The Morgan fingerprint density at radius 2 is 1.42 bits per heavy atom. The number of halogens is 3. The van der Waals surface area contributed by atoms with Gasteiger partial charge in [0.25, 0.3) is 11.8 Å². The fraction of sp³-hybridized carbons (Fsp3) is 0.528. The molecule has 3 atom stereocenters. The van der Waals surface area contributed by atoms with E-state index in [9.17, 15) is 52.1 Å². The number of nitriles is 1. The molecule has 4 aliphatic heterocycles. The minimum absolute atomic E-state index is 0.00417. The summed E-state index contributed by atoms with van der Waals surface area (Å²) in [6, 6.07) is 13.2. The molecule has 1 unspecified atom stereocenters. The number of carbonyl (C=O) groups excluding carboxylic acids is 3. The zero-order chi connectivity index (χ0) is 55.9. The smallest absolute Gasteiger partial charge is 0.354 e. The summed E-state index contributed by atoms with van der Waals surface area (Å²) < 4.78 is 70.8. The lowest BCUT2D eigenvalue weighted by atomic mass is 10.1. The summed E-state index contributed by atoms with van der Waals surface area (Å²) in [5, 5.41) is 31.7. The zero-order valence-corrected chi connectivity index (χ0v) is 44.3. The SMILES string of the molecule is N#CC1CC(F)(F)CN1C(=O)CNC(=O)c1ccnc2ccc(OCCCN3C[C@H]4C[C@@H]3CN4C(=O)Cc3cc(CN4CCOCCOCCN(Cc5cc(SF)cc(C(=O)O)n5)CCOCCOCC4)nc(C(=O)O)c3)cc12. The predicted octanol–water partition coefficient (Wildman–Crippen LogP) is 3.57. The van der Waals surface area contributed by atoms with E-state index >= 15 is 0 Å². The number of piperazine rings is 1. The fourth-order valence-corrected chi connectivity index (χ4v) is 10.5. The van der Waals surface area contributed by atoms with E-state index in [0.29, 0.717) is 139 Å². The summed E-state index contributed by atoms with van der Waals surface area (Å²) in [5.41, 5.74) is 1.77. The van der Waals surface area contributed by atoms with E-state index in [4.69, 9.17) is 23.7 Å². The summed E-state index contributed by atoms with van der Waals surface area (Å²) in [6.45, 7) is 5.90. The van der Waals surface area contributed by atoms with Crippen molar-refractivity contribution in [2.45, 2.75) is 67.7 Å². The molecule has 1 aromatic carbocycles. The standard InChI is InChI=1S/C53H63F3N10O12S/c54-53(55)27-40(28-57)66(34-53)49(68)29-59-50(69)43-4-5-58-45-3-2-41(25-44(43)45)78-11-1-6-64-32-39-24-38(64)33-65(39)48(67)22-35-20-36(60-46(21-35)51(70)71)30-62-7-12-74-16-18-76-14-9-63(10-15-77-19-17-75-13-8-62)31-37-23-42(79-56)26-47(61-37)52(72)73/h2-5,20-21,23,25-26,38-40H,1,6-19,22,24,27,29-34H2,(H,59,69)(H,70,71)(H,72,73)/t38-,39-,40?/m1/s1. The van der Waals surface area contributed by atoms with Gasteiger partial charge in [0.2, 0.25) is 11.8 Å². The molecule has 3 amide bonds. The van der Waals surface area contributed by atoms with E-state index < -0.39 is 55.2 Å². The van der Waals surface area contributed by atoms with Gasteiger partial charge in [-0.15, -0.1) is 0 Å². The van der Waals surface area contributed by atoms with Crippen molar-refractivity contribution in [3.63, 3.8) is 0 Å². The van der Waals surface area contributed by atoms with E-state index in [2.05, 4.69) is 25.2 Å². The highest BCUT2D eigenvalue weighted by Crippen LogP contribution is 2.33. The van der Waals surface area contributed by atoms with E-state index in [0.717, 1.165) is 17.9 Å². The summed E-state index contributed by atoms with van der Waals surface area (Å²) in [4.78, 5) is 85.8. The largest absolute Gasteiger partial charge is 0.494 e. The van der Waals surface area contributed by atoms with Crippen LogP contribution in [0.15, 0.2) is 59.6 Å². The first-order valence-electron chi connectivity index (χ1n) is 26.1. The molecule has 4 saturated heterocycles. The molecule has 0 spiro atoms. The van der Waals surface area contributed by atoms with Crippen LogP contribution in [0.3, 0.4) is 0 Å². The van der Waals surface area contributed by atoms with Crippen LogP contribution in [0.4, 0.5) is 12.7 Å². The van der Waals surface area contributed by atoms with Crippen molar-refractivity contribution in [2.24, 2.45) is 0 Å². The lowest BCUT2D eigenvalue weighted by Crippen LogP contribution is -2.49. The predicted molar refractivity (Wildman–Crippen MR) is 277 cm³/mol. The van der Waals surface area contributed by atoms with Crippen LogP contribution in [0.1, 0.15) is 67.5 Å². The van der Waals surface area contributed by atoms with Gasteiger partial charge in [0.05, 0.1) is 120 Å². The first-order chi connectivity index (χ1) is 38.1. The van der Waals surface area contributed by atoms with E-state index in [1.54, 1.807) is 30.3 Å². The molecule has 79 heavy (non-hydrogen) atoms. The van der Waals surface area contributed by atoms with Crippen molar-refractivity contribution in [1.29, 1.82) is 5.26 Å². The molecule has 0 saturated carbocycles. The Morgan fingerprint density at radius 1 is 0.785 bits per heavy atom. The van der Waals surface area contributed by atoms with Crippen LogP contribution in [0.5, 0.6) is 5.75 Å². The monoisotopic (exact) mass is 1120 g/mol. The van der Waals surface area contributed by atoms with Crippen LogP contribution in [0.25, 0.3) is 10.9 Å². The molecular formula is C53H63F3N10O12S. The van der Waals surface area contributed by atoms with Crippen molar-refractivity contribution in [3.8, 4) is 11.8 Å². The molecule has 4 fully saturated rings. The number of aromatic carboxylic acids is 2. The molecule has 3 N–H and O–H groups in total. The number of ether oxygens (including phenoxy) is 5. The van der Waals surface area contributed by atoms with Crippen molar-refractivity contribution in [2.75, 3.05) is 118 Å². The van der Waals surface area contributed by atoms with Crippen LogP contribution < -0.4 is 10.1 Å². The topological polar surface area (TPSA) is 263 Å². The Morgan fingerprint density at radius 3 is 2.01 bits per heavy atom. The average Bonchev–Trinajstić information content (AvgIpc) is 4.32. The van der Waals surface area contributed by atoms with Crippen molar-refractivity contribution < 1.29 is 70.5 Å². The third-order valence-corrected chi connectivity index (χ3v) is 14.4. The number of hydrogen-bond acceptors (Lipinski definition) is 18. The van der Waals surface area contributed by atoms with Crippen LogP contribution >= 0.6 is 12.1 Å². The molecule has 0 radical (unpaired) electrons. The lowest BCUT2D eigenvalue weighted by molar-refractivity contribution is -0.133.